The summed E-state index contributed by atoms with van der Waals surface area (Å²) in [6.07, 6.45) is 3.85. The zero-order valence-electron chi connectivity index (χ0n) is 16.2. The predicted octanol–water partition coefficient (Wildman–Crippen LogP) is 3.78. The minimum absolute atomic E-state index is 0.0162. The van der Waals surface area contributed by atoms with Crippen molar-refractivity contribution in [1.29, 1.82) is 0 Å². The molecule has 2 fully saturated rings. The summed E-state index contributed by atoms with van der Waals surface area (Å²) in [5, 5.41) is 2.91. The molecule has 2 aromatic rings. The van der Waals surface area contributed by atoms with E-state index >= 15 is 0 Å². The number of carbonyl (C=O) groups excluding carboxylic acids is 2. The zero-order valence-corrected chi connectivity index (χ0v) is 16.2. The summed E-state index contributed by atoms with van der Waals surface area (Å²) in [5.74, 6) is 1.76. The first kappa shape index (κ1) is 18.0. The van der Waals surface area contributed by atoms with E-state index in [0.717, 1.165) is 55.0 Å². The Labute approximate surface area is 169 Å². The van der Waals surface area contributed by atoms with E-state index in [1.54, 1.807) is 12.1 Å². The molecule has 1 atom stereocenters. The van der Waals surface area contributed by atoms with E-state index in [1.807, 2.05) is 35.2 Å². The van der Waals surface area contributed by atoms with Crippen LogP contribution in [-0.2, 0) is 4.79 Å². The first-order valence-corrected chi connectivity index (χ1v) is 10.3. The number of nitrogens with one attached hydrogen (secondary N) is 1. The van der Waals surface area contributed by atoms with Crippen LogP contribution in [0.2, 0.25) is 0 Å². The van der Waals surface area contributed by atoms with E-state index in [0.29, 0.717) is 18.8 Å². The number of amides is 2. The Hall–Kier alpha value is -3.02. The smallest absolute Gasteiger partial charge is 0.254 e. The number of anilines is 1. The van der Waals surface area contributed by atoms with E-state index in [-0.39, 0.29) is 23.8 Å². The molecule has 2 aliphatic heterocycles. The van der Waals surface area contributed by atoms with Crippen LogP contribution in [0.1, 0.15) is 47.6 Å². The second-order valence-electron chi connectivity index (χ2n) is 7.90. The number of carbonyl (C=O) groups is 2. The van der Waals surface area contributed by atoms with Gasteiger partial charge in [0, 0.05) is 23.7 Å². The molecule has 1 saturated heterocycles. The second kappa shape index (κ2) is 7.43. The number of hydrogen-bond donors (Lipinski definition) is 1. The van der Waals surface area contributed by atoms with Crippen LogP contribution in [0, 0.1) is 5.92 Å². The fourth-order valence-electron chi connectivity index (χ4n) is 4.08. The molecule has 2 amide bonds. The van der Waals surface area contributed by atoms with Crippen LogP contribution in [0.15, 0.2) is 42.5 Å². The largest absolute Gasteiger partial charge is 0.486 e. The lowest BCUT2D eigenvalue weighted by atomic mass is 10.0. The van der Waals surface area contributed by atoms with Gasteiger partial charge in [-0.15, -0.1) is 0 Å². The predicted molar refractivity (Wildman–Crippen MR) is 108 cm³/mol. The van der Waals surface area contributed by atoms with Crippen molar-refractivity contribution >= 4 is 17.5 Å². The highest BCUT2D eigenvalue weighted by atomic mass is 16.6. The third-order valence-corrected chi connectivity index (χ3v) is 5.81. The van der Waals surface area contributed by atoms with Gasteiger partial charge in [-0.05, 0) is 67.6 Å². The van der Waals surface area contributed by atoms with Gasteiger partial charge in [0.1, 0.15) is 13.2 Å². The van der Waals surface area contributed by atoms with E-state index in [1.165, 1.54) is 0 Å². The number of likely N-dealkylation sites (tertiary alicyclic amines) is 1. The third-order valence-electron chi connectivity index (χ3n) is 5.81. The molecule has 150 valence electrons. The molecule has 0 aromatic heterocycles. The number of rotatable bonds is 4. The van der Waals surface area contributed by atoms with Crippen LogP contribution in [0.25, 0.3) is 0 Å². The highest BCUT2D eigenvalue weighted by molar-refractivity contribution is 5.97. The average molecular weight is 392 g/mol. The van der Waals surface area contributed by atoms with Gasteiger partial charge in [-0.25, -0.2) is 0 Å². The second-order valence-corrected chi connectivity index (χ2v) is 7.90. The molecule has 2 aromatic carbocycles. The van der Waals surface area contributed by atoms with Crippen LogP contribution in [0.4, 0.5) is 5.69 Å². The highest BCUT2D eigenvalue weighted by Crippen LogP contribution is 2.38. The van der Waals surface area contributed by atoms with Crippen LogP contribution < -0.4 is 14.8 Å². The number of fused-ring (bicyclic) bond motifs is 1. The Bertz CT molecular complexity index is 936. The van der Waals surface area contributed by atoms with Crippen LogP contribution >= 0.6 is 0 Å². The Morgan fingerprint density at radius 2 is 1.69 bits per heavy atom. The molecule has 6 heteroatoms. The molecular weight excluding hydrogens is 368 g/mol. The maximum atomic E-state index is 13.2. The number of nitrogens with zero attached hydrogens (tertiary/aromatic N) is 1. The van der Waals surface area contributed by atoms with Gasteiger partial charge in [0.25, 0.3) is 5.91 Å². The minimum atomic E-state index is 0.0162. The Balaban J connectivity index is 1.31. The maximum Gasteiger partial charge on any atom is 0.254 e. The van der Waals surface area contributed by atoms with Crippen molar-refractivity contribution in [3.8, 4) is 11.5 Å². The van der Waals surface area contributed by atoms with Crippen molar-refractivity contribution in [2.75, 3.05) is 25.1 Å². The van der Waals surface area contributed by atoms with E-state index in [9.17, 15) is 9.59 Å². The summed E-state index contributed by atoms with van der Waals surface area (Å²) < 4.78 is 11.3. The molecule has 1 unspecified atom stereocenters. The van der Waals surface area contributed by atoms with Crippen LogP contribution in [0.5, 0.6) is 11.5 Å². The molecule has 2 heterocycles. The summed E-state index contributed by atoms with van der Waals surface area (Å²) >= 11 is 0. The number of benzene rings is 2. The Kier molecular flexibility index (Phi) is 4.62. The highest BCUT2D eigenvalue weighted by Gasteiger charge is 2.32. The van der Waals surface area contributed by atoms with E-state index in [4.69, 9.17) is 9.47 Å². The molecule has 6 nitrogen and oxygen atoms in total. The van der Waals surface area contributed by atoms with Gasteiger partial charge in [-0.3, -0.25) is 9.59 Å². The summed E-state index contributed by atoms with van der Waals surface area (Å²) in [4.78, 5) is 27.0. The molecule has 1 aliphatic carbocycles. The minimum Gasteiger partial charge on any atom is -0.486 e. The lowest BCUT2D eigenvalue weighted by Crippen LogP contribution is -2.30. The lowest BCUT2D eigenvalue weighted by Gasteiger charge is -2.27. The maximum absolute atomic E-state index is 13.2. The van der Waals surface area contributed by atoms with Gasteiger partial charge in [0.2, 0.25) is 5.91 Å². The van der Waals surface area contributed by atoms with Gasteiger partial charge in [-0.1, -0.05) is 6.07 Å². The van der Waals surface area contributed by atoms with E-state index < -0.39 is 0 Å². The van der Waals surface area contributed by atoms with Gasteiger partial charge < -0.3 is 19.7 Å². The molecule has 0 bridgehead atoms. The normalized spacial score (nSPS) is 20.4. The third kappa shape index (κ3) is 3.67. The molecule has 29 heavy (non-hydrogen) atoms. The standard InChI is InChI=1S/C23H24N2O4/c26-22(15-3-4-15)24-18-8-5-16(6-9-18)23(27)25-11-1-2-19(25)17-7-10-20-21(14-17)29-13-12-28-20/h5-10,14-15,19H,1-4,11-13H2,(H,24,26). The summed E-state index contributed by atoms with van der Waals surface area (Å²) in [5.41, 5.74) is 2.45. The molecule has 1 saturated carbocycles. The average Bonchev–Trinajstić information content (AvgIpc) is 3.50. The number of hydrogen-bond acceptors (Lipinski definition) is 4. The molecule has 5 rings (SSSR count). The lowest BCUT2D eigenvalue weighted by molar-refractivity contribution is -0.117. The molecule has 3 aliphatic rings. The summed E-state index contributed by atoms with van der Waals surface area (Å²) in [6.45, 7) is 1.85. The van der Waals surface area contributed by atoms with Crippen molar-refractivity contribution in [3.05, 3.63) is 53.6 Å². The quantitative estimate of drug-likeness (QED) is 0.860. The van der Waals surface area contributed by atoms with Gasteiger partial charge >= 0.3 is 0 Å². The fraction of sp³-hybridized carbons (Fsp3) is 0.391. The van der Waals surface area contributed by atoms with Gasteiger partial charge in [0.15, 0.2) is 11.5 Å². The van der Waals surface area contributed by atoms with Crippen molar-refractivity contribution in [3.63, 3.8) is 0 Å². The topological polar surface area (TPSA) is 67.9 Å². The van der Waals surface area contributed by atoms with E-state index in [2.05, 4.69) is 5.32 Å². The van der Waals surface area contributed by atoms with Crippen molar-refractivity contribution < 1.29 is 19.1 Å². The summed E-state index contributed by atoms with van der Waals surface area (Å²) in [7, 11) is 0. The van der Waals surface area contributed by atoms with Gasteiger partial charge in [-0.2, -0.15) is 0 Å². The fourth-order valence-corrected chi connectivity index (χ4v) is 4.08. The molecule has 0 spiro atoms. The zero-order chi connectivity index (χ0) is 19.8. The summed E-state index contributed by atoms with van der Waals surface area (Å²) in [6, 6.07) is 13.2. The van der Waals surface area contributed by atoms with Crippen molar-refractivity contribution in [2.45, 2.75) is 31.7 Å². The Morgan fingerprint density at radius 1 is 0.931 bits per heavy atom. The van der Waals surface area contributed by atoms with Gasteiger partial charge in [0.05, 0.1) is 6.04 Å². The monoisotopic (exact) mass is 392 g/mol. The van der Waals surface area contributed by atoms with Crippen LogP contribution in [-0.4, -0.2) is 36.5 Å². The van der Waals surface area contributed by atoms with Crippen LogP contribution in [0.3, 0.4) is 0 Å². The molecule has 0 radical (unpaired) electrons. The SMILES string of the molecule is O=C(Nc1ccc(C(=O)N2CCCC2c2ccc3c(c2)OCCO3)cc1)C1CC1. The van der Waals surface area contributed by atoms with Crippen molar-refractivity contribution in [2.24, 2.45) is 5.92 Å². The first-order chi connectivity index (χ1) is 14.2. The number of ether oxygens (including phenoxy) is 2. The molecular formula is C23H24N2O4. The molecule has 1 N–H and O–H groups in total. The van der Waals surface area contributed by atoms with Crippen molar-refractivity contribution in [1.82, 2.24) is 4.90 Å². The Morgan fingerprint density at radius 3 is 2.45 bits per heavy atom. The first-order valence-electron chi connectivity index (χ1n) is 10.3.